The SMILES string of the molecule is Cc1cc2c(n1C(C)c1ncc[nH]1)CCCC2=O. The van der Waals surface area contributed by atoms with Crippen molar-refractivity contribution in [3.63, 3.8) is 0 Å². The van der Waals surface area contributed by atoms with E-state index in [0.717, 1.165) is 29.9 Å². The number of imidazole rings is 1. The minimum atomic E-state index is 0.148. The predicted molar refractivity (Wildman–Crippen MR) is 68.8 cm³/mol. The van der Waals surface area contributed by atoms with E-state index in [2.05, 4.69) is 28.4 Å². The van der Waals surface area contributed by atoms with Gasteiger partial charge >= 0.3 is 0 Å². The molecule has 1 aliphatic rings. The second kappa shape index (κ2) is 4.12. The number of rotatable bonds is 2. The van der Waals surface area contributed by atoms with Crippen molar-refractivity contribution in [3.8, 4) is 0 Å². The molecular formula is C14H17N3O. The van der Waals surface area contributed by atoms with E-state index in [9.17, 15) is 4.79 Å². The number of aromatic nitrogens is 3. The Kier molecular flexibility index (Phi) is 2.58. The summed E-state index contributed by atoms with van der Waals surface area (Å²) >= 11 is 0. The van der Waals surface area contributed by atoms with Crippen LogP contribution in [-0.4, -0.2) is 20.3 Å². The molecule has 4 heteroatoms. The second-order valence-corrected chi connectivity index (χ2v) is 4.94. The molecule has 1 unspecified atom stereocenters. The average molecular weight is 243 g/mol. The molecule has 0 amide bonds. The molecule has 2 aromatic heterocycles. The first kappa shape index (κ1) is 11.3. The lowest BCUT2D eigenvalue weighted by molar-refractivity contribution is 0.0971. The normalized spacial score (nSPS) is 16.7. The Morgan fingerprint density at radius 3 is 3.00 bits per heavy atom. The van der Waals surface area contributed by atoms with Crippen LogP contribution in [0, 0.1) is 6.92 Å². The minimum Gasteiger partial charge on any atom is -0.347 e. The van der Waals surface area contributed by atoms with Crippen LogP contribution >= 0.6 is 0 Å². The summed E-state index contributed by atoms with van der Waals surface area (Å²) in [4.78, 5) is 19.4. The zero-order valence-electron chi connectivity index (χ0n) is 10.7. The number of carbonyl (C=O) groups excluding carboxylic acids is 1. The van der Waals surface area contributed by atoms with E-state index in [4.69, 9.17) is 0 Å². The quantitative estimate of drug-likeness (QED) is 0.881. The predicted octanol–water partition coefficient (Wildman–Crippen LogP) is 2.65. The maximum absolute atomic E-state index is 11.9. The van der Waals surface area contributed by atoms with Gasteiger partial charge in [0.1, 0.15) is 5.82 Å². The molecule has 0 fully saturated rings. The Labute approximate surface area is 106 Å². The fourth-order valence-corrected chi connectivity index (χ4v) is 2.92. The number of ketones is 1. The molecule has 0 bridgehead atoms. The highest BCUT2D eigenvalue weighted by atomic mass is 16.1. The van der Waals surface area contributed by atoms with Crippen molar-refractivity contribution < 1.29 is 4.79 Å². The molecule has 0 aromatic carbocycles. The van der Waals surface area contributed by atoms with Gasteiger partial charge in [-0.25, -0.2) is 4.98 Å². The fraction of sp³-hybridized carbons (Fsp3) is 0.429. The van der Waals surface area contributed by atoms with Crippen molar-refractivity contribution in [3.05, 3.63) is 41.2 Å². The van der Waals surface area contributed by atoms with Gasteiger partial charge in [-0.1, -0.05) is 0 Å². The Morgan fingerprint density at radius 2 is 2.28 bits per heavy atom. The van der Waals surface area contributed by atoms with E-state index in [1.807, 2.05) is 12.3 Å². The Bertz CT molecular complexity index is 580. The molecular weight excluding hydrogens is 226 g/mol. The molecule has 0 saturated heterocycles. The number of H-pyrrole nitrogens is 1. The Balaban J connectivity index is 2.10. The van der Waals surface area contributed by atoms with Crippen molar-refractivity contribution in [1.29, 1.82) is 0 Å². The zero-order valence-corrected chi connectivity index (χ0v) is 10.7. The lowest BCUT2D eigenvalue weighted by atomic mass is 9.96. The highest BCUT2D eigenvalue weighted by Crippen LogP contribution is 2.29. The third kappa shape index (κ3) is 1.60. The van der Waals surface area contributed by atoms with E-state index < -0.39 is 0 Å². The van der Waals surface area contributed by atoms with Gasteiger partial charge in [0.2, 0.25) is 0 Å². The summed E-state index contributed by atoms with van der Waals surface area (Å²) < 4.78 is 2.24. The third-order valence-corrected chi connectivity index (χ3v) is 3.76. The molecule has 1 aliphatic carbocycles. The fourth-order valence-electron chi connectivity index (χ4n) is 2.92. The van der Waals surface area contributed by atoms with E-state index in [-0.39, 0.29) is 11.8 Å². The van der Waals surface area contributed by atoms with Gasteiger partial charge in [0.25, 0.3) is 0 Å². The van der Waals surface area contributed by atoms with Gasteiger partial charge in [-0.15, -0.1) is 0 Å². The van der Waals surface area contributed by atoms with Crippen LogP contribution in [0.1, 0.15) is 53.4 Å². The van der Waals surface area contributed by atoms with Crippen molar-refractivity contribution in [2.24, 2.45) is 0 Å². The van der Waals surface area contributed by atoms with E-state index >= 15 is 0 Å². The monoisotopic (exact) mass is 243 g/mol. The van der Waals surface area contributed by atoms with Crippen LogP contribution in [0.3, 0.4) is 0 Å². The number of fused-ring (bicyclic) bond motifs is 1. The van der Waals surface area contributed by atoms with Crippen LogP contribution in [0.4, 0.5) is 0 Å². The first-order chi connectivity index (χ1) is 8.68. The zero-order chi connectivity index (χ0) is 12.7. The van der Waals surface area contributed by atoms with Crippen molar-refractivity contribution in [2.45, 2.75) is 39.2 Å². The molecule has 0 saturated carbocycles. The van der Waals surface area contributed by atoms with Crippen LogP contribution in [0.15, 0.2) is 18.5 Å². The van der Waals surface area contributed by atoms with E-state index in [0.29, 0.717) is 6.42 Å². The van der Waals surface area contributed by atoms with Gasteiger partial charge < -0.3 is 9.55 Å². The van der Waals surface area contributed by atoms with Gasteiger partial charge in [-0.05, 0) is 32.8 Å². The van der Waals surface area contributed by atoms with Crippen LogP contribution in [0.2, 0.25) is 0 Å². The van der Waals surface area contributed by atoms with Crippen LogP contribution in [0.25, 0.3) is 0 Å². The van der Waals surface area contributed by atoms with Gasteiger partial charge in [-0.2, -0.15) is 0 Å². The summed E-state index contributed by atoms with van der Waals surface area (Å²) in [6.07, 6.45) is 6.23. The van der Waals surface area contributed by atoms with Crippen LogP contribution in [-0.2, 0) is 6.42 Å². The minimum absolute atomic E-state index is 0.148. The summed E-state index contributed by atoms with van der Waals surface area (Å²) in [6, 6.07) is 2.17. The lowest BCUT2D eigenvalue weighted by Gasteiger charge is -2.20. The van der Waals surface area contributed by atoms with Crippen LogP contribution < -0.4 is 0 Å². The summed E-state index contributed by atoms with van der Waals surface area (Å²) in [5, 5.41) is 0. The lowest BCUT2D eigenvalue weighted by Crippen LogP contribution is -2.17. The van der Waals surface area contributed by atoms with Crippen molar-refractivity contribution in [2.75, 3.05) is 0 Å². The molecule has 1 atom stereocenters. The molecule has 0 aliphatic heterocycles. The molecule has 4 nitrogen and oxygen atoms in total. The number of hydrogen-bond acceptors (Lipinski definition) is 2. The molecule has 0 radical (unpaired) electrons. The second-order valence-electron chi connectivity index (χ2n) is 4.94. The smallest absolute Gasteiger partial charge is 0.164 e. The van der Waals surface area contributed by atoms with Crippen molar-refractivity contribution in [1.82, 2.24) is 14.5 Å². The third-order valence-electron chi connectivity index (χ3n) is 3.76. The molecule has 3 rings (SSSR count). The molecule has 1 N–H and O–H groups in total. The molecule has 2 heterocycles. The molecule has 94 valence electrons. The maximum Gasteiger partial charge on any atom is 0.164 e. The highest BCUT2D eigenvalue weighted by Gasteiger charge is 2.25. The van der Waals surface area contributed by atoms with Crippen molar-refractivity contribution >= 4 is 5.78 Å². The number of aromatic amines is 1. The van der Waals surface area contributed by atoms with Gasteiger partial charge in [0, 0.05) is 35.8 Å². The summed E-state index contributed by atoms with van der Waals surface area (Å²) in [5.74, 6) is 1.22. The Hall–Kier alpha value is -1.84. The summed E-state index contributed by atoms with van der Waals surface area (Å²) in [6.45, 7) is 4.18. The molecule has 18 heavy (non-hydrogen) atoms. The summed E-state index contributed by atoms with van der Waals surface area (Å²) in [7, 11) is 0. The highest BCUT2D eigenvalue weighted by molar-refractivity contribution is 5.98. The largest absolute Gasteiger partial charge is 0.347 e. The maximum atomic E-state index is 11.9. The first-order valence-corrected chi connectivity index (χ1v) is 6.41. The standard InChI is InChI=1S/C14H17N3O/c1-9-8-11-12(4-3-5-13(11)18)17(9)10(2)14-15-6-7-16-14/h6-8,10H,3-5H2,1-2H3,(H,15,16). The van der Waals surface area contributed by atoms with Gasteiger partial charge in [0.05, 0.1) is 6.04 Å². The number of hydrogen-bond donors (Lipinski definition) is 1. The molecule has 0 spiro atoms. The number of aryl methyl sites for hydroxylation is 1. The van der Waals surface area contributed by atoms with Gasteiger partial charge in [0.15, 0.2) is 5.78 Å². The number of Topliss-reactive ketones (excluding diaryl/α,β-unsaturated/α-hetero) is 1. The van der Waals surface area contributed by atoms with E-state index in [1.165, 1.54) is 5.69 Å². The van der Waals surface area contributed by atoms with E-state index in [1.54, 1.807) is 6.20 Å². The first-order valence-electron chi connectivity index (χ1n) is 6.41. The Morgan fingerprint density at radius 1 is 1.44 bits per heavy atom. The number of carbonyl (C=O) groups is 1. The molecule has 2 aromatic rings. The van der Waals surface area contributed by atoms with Gasteiger partial charge in [-0.3, -0.25) is 4.79 Å². The van der Waals surface area contributed by atoms with Crippen LogP contribution in [0.5, 0.6) is 0 Å². The number of nitrogens with one attached hydrogen (secondary N) is 1. The topological polar surface area (TPSA) is 50.7 Å². The average Bonchev–Trinajstić information content (AvgIpc) is 2.96. The number of nitrogens with zero attached hydrogens (tertiary/aromatic N) is 2. The summed E-state index contributed by atoms with van der Waals surface area (Å²) in [5.41, 5.74) is 3.23.